The fourth-order valence-electron chi connectivity index (χ4n) is 2.51. The van der Waals surface area contributed by atoms with E-state index in [-0.39, 0.29) is 18.1 Å². The molecule has 1 saturated heterocycles. The molecule has 1 aliphatic rings. The highest BCUT2D eigenvalue weighted by atomic mass is 32.2. The first-order chi connectivity index (χ1) is 13.3. The number of nitrogens with zero attached hydrogens (tertiary/aromatic N) is 2. The van der Waals surface area contributed by atoms with E-state index in [0.29, 0.717) is 11.3 Å². The predicted molar refractivity (Wildman–Crippen MR) is 104 cm³/mol. The molecule has 1 heterocycles. The summed E-state index contributed by atoms with van der Waals surface area (Å²) in [6, 6.07) is 11.1. The summed E-state index contributed by atoms with van der Waals surface area (Å²) in [5.74, 6) is -0.314. The van der Waals surface area contributed by atoms with Crippen LogP contribution in [0.5, 0.6) is 11.5 Å². The molecular weight excluding hydrogens is 384 g/mol. The van der Waals surface area contributed by atoms with Crippen LogP contribution < -0.4 is 4.74 Å². The average Bonchev–Trinajstić information content (AvgIpc) is 2.92. The van der Waals surface area contributed by atoms with Crippen molar-refractivity contribution < 1.29 is 24.4 Å². The van der Waals surface area contributed by atoms with E-state index in [0.717, 1.165) is 28.3 Å². The third-order valence-electron chi connectivity index (χ3n) is 3.97. The first kappa shape index (κ1) is 19.4. The summed E-state index contributed by atoms with van der Waals surface area (Å²) in [5, 5.41) is 20.0. The fourth-order valence-corrected chi connectivity index (χ4v) is 3.37. The minimum Gasteiger partial charge on any atom is -0.502 e. The first-order valence-electron chi connectivity index (χ1n) is 8.27. The minimum atomic E-state index is -0.721. The second-order valence-corrected chi connectivity index (χ2v) is 6.99. The number of benzene rings is 2. The van der Waals surface area contributed by atoms with Crippen molar-refractivity contribution >= 4 is 34.7 Å². The van der Waals surface area contributed by atoms with Crippen LogP contribution in [0.15, 0.2) is 47.4 Å². The van der Waals surface area contributed by atoms with Crippen molar-refractivity contribution in [2.24, 2.45) is 0 Å². The van der Waals surface area contributed by atoms with Crippen molar-refractivity contribution in [3.63, 3.8) is 0 Å². The number of carbonyl (C=O) groups excluding carboxylic acids is 2. The van der Waals surface area contributed by atoms with Gasteiger partial charge in [0.15, 0.2) is 5.75 Å². The maximum Gasteiger partial charge on any atom is 0.311 e. The number of aryl methyl sites for hydroxylation is 1. The Morgan fingerprint density at radius 2 is 1.93 bits per heavy atom. The number of nitro benzene ring substituents is 1. The monoisotopic (exact) mass is 400 g/mol. The molecule has 2 aromatic carbocycles. The van der Waals surface area contributed by atoms with Crippen LogP contribution in [0.25, 0.3) is 6.08 Å². The number of hydrogen-bond donors (Lipinski definition) is 1. The largest absolute Gasteiger partial charge is 0.502 e. The molecule has 1 aliphatic heterocycles. The van der Waals surface area contributed by atoms with Gasteiger partial charge in [-0.25, -0.2) is 0 Å². The topological polar surface area (TPSA) is 110 Å². The number of phenols is 1. The van der Waals surface area contributed by atoms with Crippen molar-refractivity contribution in [1.29, 1.82) is 0 Å². The van der Waals surface area contributed by atoms with E-state index >= 15 is 0 Å². The van der Waals surface area contributed by atoms with Crippen LogP contribution in [0, 0.1) is 17.0 Å². The van der Waals surface area contributed by atoms with E-state index in [9.17, 15) is 24.8 Å². The van der Waals surface area contributed by atoms with E-state index in [4.69, 9.17) is 4.74 Å². The van der Waals surface area contributed by atoms with E-state index in [1.54, 1.807) is 12.1 Å². The summed E-state index contributed by atoms with van der Waals surface area (Å²) in [6.07, 6.45) is 1.39. The van der Waals surface area contributed by atoms with Crippen molar-refractivity contribution in [2.75, 3.05) is 13.2 Å². The SMILES string of the molecule is Cc1ccc(OCCN2C(=O)S/C(=C\c3ccc(O)c([N+](=O)[O-])c3)C2=O)cc1. The Bertz CT molecular complexity index is 971. The Morgan fingerprint density at radius 3 is 2.61 bits per heavy atom. The van der Waals surface area contributed by atoms with Gasteiger partial charge in [0.25, 0.3) is 11.1 Å². The minimum absolute atomic E-state index is 0.0889. The van der Waals surface area contributed by atoms with Crippen molar-refractivity contribution in [3.8, 4) is 11.5 Å². The number of aromatic hydroxyl groups is 1. The number of hydrogen-bond acceptors (Lipinski definition) is 7. The van der Waals surface area contributed by atoms with Crippen molar-refractivity contribution in [1.82, 2.24) is 4.90 Å². The zero-order valence-electron chi connectivity index (χ0n) is 14.8. The van der Waals surface area contributed by atoms with Crippen LogP contribution in [0.1, 0.15) is 11.1 Å². The summed E-state index contributed by atoms with van der Waals surface area (Å²) in [7, 11) is 0. The van der Waals surface area contributed by atoms with Gasteiger partial charge in [-0.05, 0) is 48.5 Å². The zero-order valence-corrected chi connectivity index (χ0v) is 15.6. The molecule has 0 bridgehead atoms. The molecule has 1 N–H and O–H groups in total. The Hall–Kier alpha value is -3.33. The van der Waals surface area contributed by atoms with E-state index in [2.05, 4.69) is 0 Å². The normalized spacial score (nSPS) is 15.3. The molecule has 28 heavy (non-hydrogen) atoms. The van der Waals surface area contributed by atoms with Gasteiger partial charge in [0.2, 0.25) is 0 Å². The smallest absolute Gasteiger partial charge is 0.311 e. The number of rotatable bonds is 6. The lowest BCUT2D eigenvalue weighted by Crippen LogP contribution is -2.32. The van der Waals surface area contributed by atoms with Gasteiger partial charge in [-0.1, -0.05) is 23.8 Å². The maximum absolute atomic E-state index is 12.5. The van der Waals surface area contributed by atoms with Crippen molar-refractivity contribution in [2.45, 2.75) is 6.92 Å². The molecule has 0 saturated carbocycles. The molecule has 9 heteroatoms. The summed E-state index contributed by atoms with van der Waals surface area (Å²) < 4.78 is 5.55. The molecule has 3 rings (SSSR count). The molecule has 2 amide bonds. The van der Waals surface area contributed by atoms with Crippen molar-refractivity contribution in [3.05, 3.63) is 68.6 Å². The number of carbonyl (C=O) groups is 2. The lowest BCUT2D eigenvalue weighted by molar-refractivity contribution is -0.385. The standard InChI is InChI=1S/C19H16N2O6S/c1-12-2-5-14(6-3-12)27-9-8-20-18(23)17(28-19(20)24)11-13-4-7-16(22)15(10-13)21(25)26/h2-7,10-11,22H,8-9H2,1H3/b17-11-. The second-order valence-electron chi connectivity index (χ2n) is 6.00. The van der Waals surface area contributed by atoms with Gasteiger partial charge in [0.1, 0.15) is 12.4 Å². The van der Waals surface area contributed by atoms with Gasteiger partial charge in [-0.15, -0.1) is 0 Å². The third-order valence-corrected chi connectivity index (χ3v) is 4.88. The van der Waals surface area contributed by atoms with Gasteiger partial charge in [-0.3, -0.25) is 24.6 Å². The van der Waals surface area contributed by atoms with Gasteiger partial charge in [0, 0.05) is 6.07 Å². The molecule has 0 unspecified atom stereocenters. The molecule has 144 valence electrons. The van der Waals surface area contributed by atoms with Crippen LogP contribution in [-0.2, 0) is 4.79 Å². The quantitative estimate of drug-likeness (QED) is 0.447. The van der Waals surface area contributed by atoms with Crippen LogP contribution in [0.2, 0.25) is 0 Å². The van der Waals surface area contributed by atoms with Crippen LogP contribution in [0.3, 0.4) is 0 Å². The summed E-state index contributed by atoms with van der Waals surface area (Å²) >= 11 is 0.754. The fraction of sp³-hybridized carbons (Fsp3) is 0.158. The maximum atomic E-state index is 12.5. The van der Waals surface area contributed by atoms with Gasteiger partial charge in [0.05, 0.1) is 16.4 Å². The molecule has 0 aliphatic carbocycles. The highest BCUT2D eigenvalue weighted by Crippen LogP contribution is 2.34. The average molecular weight is 400 g/mol. The lowest BCUT2D eigenvalue weighted by Gasteiger charge is -2.13. The second kappa shape index (κ2) is 8.13. The van der Waals surface area contributed by atoms with E-state index < -0.39 is 27.5 Å². The number of amides is 2. The Balaban J connectivity index is 1.67. The summed E-state index contributed by atoms with van der Waals surface area (Å²) in [6.45, 7) is 2.20. The molecule has 2 aromatic rings. The Labute approximate surface area is 164 Å². The van der Waals surface area contributed by atoms with Gasteiger partial charge in [-0.2, -0.15) is 0 Å². The molecule has 8 nitrogen and oxygen atoms in total. The zero-order chi connectivity index (χ0) is 20.3. The molecular formula is C19H16N2O6S. The highest BCUT2D eigenvalue weighted by Gasteiger charge is 2.34. The molecule has 0 aromatic heterocycles. The molecule has 0 radical (unpaired) electrons. The van der Waals surface area contributed by atoms with Crippen LogP contribution in [0.4, 0.5) is 10.5 Å². The number of imide groups is 1. The Kier molecular flexibility index (Phi) is 5.65. The number of nitro groups is 1. The van der Waals surface area contributed by atoms with Gasteiger partial charge >= 0.3 is 5.69 Å². The first-order valence-corrected chi connectivity index (χ1v) is 9.09. The van der Waals surface area contributed by atoms with E-state index in [1.807, 2.05) is 19.1 Å². The predicted octanol–water partition coefficient (Wildman–Crippen LogP) is 3.72. The summed E-state index contributed by atoms with van der Waals surface area (Å²) in [4.78, 5) is 36.0. The number of ether oxygens (including phenoxy) is 1. The highest BCUT2D eigenvalue weighted by molar-refractivity contribution is 8.18. The number of thioether (sulfide) groups is 1. The molecule has 0 spiro atoms. The Morgan fingerprint density at radius 1 is 1.21 bits per heavy atom. The lowest BCUT2D eigenvalue weighted by atomic mass is 10.1. The number of phenolic OH excluding ortho intramolecular Hbond substituents is 1. The van der Waals surface area contributed by atoms with Crippen LogP contribution in [-0.4, -0.2) is 39.2 Å². The third kappa shape index (κ3) is 4.32. The van der Waals surface area contributed by atoms with E-state index in [1.165, 1.54) is 18.2 Å². The van der Waals surface area contributed by atoms with Gasteiger partial charge < -0.3 is 9.84 Å². The molecule has 1 fully saturated rings. The summed E-state index contributed by atoms with van der Waals surface area (Å²) in [5.41, 5.74) is 0.961. The van der Waals surface area contributed by atoms with Crippen LogP contribution >= 0.6 is 11.8 Å². The molecule has 0 atom stereocenters.